The first-order valence-corrected chi connectivity index (χ1v) is 6.75. The standard InChI is InChI=1S/C15H10ClN3O3/c16-11-7-3-4-8-12(11)17-15(22)18-19-13(20)9-5-1-2-6-10(9)14(19)21/h1-8H,(H2,17,18,22). The Labute approximate surface area is 130 Å². The number of para-hydroxylation sites is 1. The fourth-order valence-corrected chi connectivity index (χ4v) is 2.29. The van der Waals surface area contributed by atoms with Crippen molar-refractivity contribution in [3.8, 4) is 0 Å². The van der Waals surface area contributed by atoms with Crippen molar-refractivity contribution < 1.29 is 14.4 Å². The summed E-state index contributed by atoms with van der Waals surface area (Å²) in [5.74, 6) is -1.15. The molecule has 0 radical (unpaired) electrons. The van der Waals surface area contributed by atoms with Gasteiger partial charge in [-0.1, -0.05) is 35.9 Å². The first-order valence-electron chi connectivity index (χ1n) is 6.38. The van der Waals surface area contributed by atoms with Crippen LogP contribution in [0.4, 0.5) is 10.5 Å². The van der Waals surface area contributed by atoms with Gasteiger partial charge in [0.05, 0.1) is 21.8 Å². The van der Waals surface area contributed by atoms with Gasteiger partial charge in [-0.3, -0.25) is 9.59 Å². The van der Waals surface area contributed by atoms with Gasteiger partial charge in [0.2, 0.25) is 0 Å². The van der Waals surface area contributed by atoms with E-state index in [0.717, 1.165) is 0 Å². The maximum atomic E-state index is 12.1. The molecule has 4 amide bonds. The average molecular weight is 316 g/mol. The molecule has 2 aromatic rings. The normalized spacial score (nSPS) is 13.0. The number of rotatable bonds is 2. The van der Waals surface area contributed by atoms with Crippen LogP contribution in [0.5, 0.6) is 0 Å². The largest absolute Gasteiger partial charge is 0.338 e. The molecule has 2 aromatic carbocycles. The van der Waals surface area contributed by atoms with Gasteiger partial charge < -0.3 is 5.32 Å². The maximum absolute atomic E-state index is 12.1. The van der Waals surface area contributed by atoms with Crippen molar-refractivity contribution in [3.63, 3.8) is 0 Å². The highest BCUT2D eigenvalue weighted by Crippen LogP contribution is 2.22. The van der Waals surface area contributed by atoms with Crippen molar-refractivity contribution >= 4 is 35.1 Å². The molecule has 0 saturated heterocycles. The molecule has 110 valence electrons. The summed E-state index contributed by atoms with van der Waals surface area (Å²) in [6.45, 7) is 0. The van der Waals surface area contributed by atoms with Gasteiger partial charge in [-0.05, 0) is 24.3 Å². The molecule has 0 fully saturated rings. The number of anilines is 1. The molecule has 0 aliphatic carbocycles. The minimum absolute atomic E-state index is 0.255. The van der Waals surface area contributed by atoms with Crippen LogP contribution in [0.25, 0.3) is 0 Å². The topological polar surface area (TPSA) is 78.5 Å². The van der Waals surface area contributed by atoms with Crippen molar-refractivity contribution in [1.29, 1.82) is 0 Å². The van der Waals surface area contributed by atoms with Crippen LogP contribution in [0.2, 0.25) is 5.02 Å². The van der Waals surface area contributed by atoms with E-state index in [-0.39, 0.29) is 11.1 Å². The van der Waals surface area contributed by atoms with Gasteiger partial charge in [-0.2, -0.15) is 5.01 Å². The number of imide groups is 1. The van der Waals surface area contributed by atoms with E-state index in [1.54, 1.807) is 36.4 Å². The van der Waals surface area contributed by atoms with Crippen LogP contribution in [-0.2, 0) is 0 Å². The zero-order valence-corrected chi connectivity index (χ0v) is 11.9. The molecule has 0 saturated carbocycles. The molecular weight excluding hydrogens is 306 g/mol. The molecule has 1 aliphatic rings. The summed E-state index contributed by atoms with van der Waals surface area (Å²) in [6.07, 6.45) is 0. The number of hydrogen-bond donors (Lipinski definition) is 2. The molecule has 0 atom stereocenters. The Morgan fingerprint density at radius 1 is 0.909 bits per heavy atom. The predicted molar refractivity (Wildman–Crippen MR) is 80.5 cm³/mol. The summed E-state index contributed by atoms with van der Waals surface area (Å²) < 4.78 is 0. The van der Waals surface area contributed by atoms with Gasteiger partial charge in [0.15, 0.2) is 0 Å². The summed E-state index contributed by atoms with van der Waals surface area (Å²) >= 11 is 5.93. The molecule has 1 aliphatic heterocycles. The number of amides is 4. The lowest BCUT2D eigenvalue weighted by molar-refractivity contribution is 0.0592. The number of nitrogens with zero attached hydrogens (tertiary/aromatic N) is 1. The molecule has 7 heteroatoms. The SMILES string of the molecule is O=C(Nc1ccccc1Cl)NN1C(=O)c2ccccc2C1=O. The van der Waals surface area contributed by atoms with E-state index in [2.05, 4.69) is 10.7 Å². The van der Waals surface area contributed by atoms with Gasteiger partial charge in [0.25, 0.3) is 11.8 Å². The zero-order valence-electron chi connectivity index (χ0n) is 11.2. The highest BCUT2D eigenvalue weighted by molar-refractivity contribution is 6.33. The second-order valence-corrected chi connectivity index (χ2v) is 4.94. The van der Waals surface area contributed by atoms with Crippen LogP contribution in [-0.4, -0.2) is 22.9 Å². The Balaban J connectivity index is 1.75. The van der Waals surface area contributed by atoms with Gasteiger partial charge >= 0.3 is 6.03 Å². The number of nitrogens with one attached hydrogen (secondary N) is 2. The molecule has 0 unspecified atom stereocenters. The minimum Gasteiger partial charge on any atom is -0.305 e. The number of benzene rings is 2. The molecular formula is C15H10ClN3O3. The molecule has 22 heavy (non-hydrogen) atoms. The summed E-state index contributed by atoms with van der Waals surface area (Å²) in [6, 6.07) is 12.3. The number of halogens is 1. The lowest BCUT2D eigenvalue weighted by Crippen LogP contribution is -2.47. The first-order chi connectivity index (χ1) is 10.6. The number of fused-ring (bicyclic) bond motifs is 1. The highest BCUT2D eigenvalue weighted by Gasteiger charge is 2.36. The van der Waals surface area contributed by atoms with Crippen LogP contribution < -0.4 is 10.7 Å². The Kier molecular flexibility index (Phi) is 3.52. The smallest absolute Gasteiger partial charge is 0.305 e. The van der Waals surface area contributed by atoms with E-state index in [0.29, 0.717) is 15.7 Å². The Morgan fingerprint density at radius 2 is 1.45 bits per heavy atom. The van der Waals surface area contributed by atoms with Crippen LogP contribution >= 0.6 is 11.6 Å². The second-order valence-electron chi connectivity index (χ2n) is 4.54. The molecule has 6 nitrogen and oxygen atoms in total. The van der Waals surface area contributed by atoms with Crippen LogP contribution in [0.1, 0.15) is 20.7 Å². The van der Waals surface area contributed by atoms with Crippen molar-refractivity contribution in [1.82, 2.24) is 10.4 Å². The number of carbonyl (C=O) groups excluding carboxylic acids is 3. The van der Waals surface area contributed by atoms with E-state index in [1.807, 2.05) is 0 Å². The molecule has 1 heterocycles. The van der Waals surface area contributed by atoms with Gasteiger partial charge in [-0.15, -0.1) is 0 Å². The number of urea groups is 1. The quantitative estimate of drug-likeness (QED) is 0.836. The molecule has 0 aromatic heterocycles. The Hall–Kier alpha value is -2.86. The monoisotopic (exact) mass is 315 g/mol. The Morgan fingerprint density at radius 3 is 2.05 bits per heavy atom. The van der Waals surface area contributed by atoms with Gasteiger partial charge in [-0.25, -0.2) is 10.2 Å². The third-order valence-corrected chi connectivity index (χ3v) is 3.46. The summed E-state index contributed by atoms with van der Waals surface area (Å²) in [5.41, 5.74) is 3.11. The van der Waals surface area contributed by atoms with Crippen molar-refractivity contribution in [3.05, 3.63) is 64.7 Å². The van der Waals surface area contributed by atoms with E-state index < -0.39 is 17.8 Å². The third-order valence-electron chi connectivity index (χ3n) is 3.13. The van der Waals surface area contributed by atoms with Gasteiger partial charge in [0, 0.05) is 0 Å². The average Bonchev–Trinajstić information content (AvgIpc) is 2.75. The van der Waals surface area contributed by atoms with E-state index in [4.69, 9.17) is 11.6 Å². The van der Waals surface area contributed by atoms with Crippen LogP contribution in [0.15, 0.2) is 48.5 Å². The molecule has 0 bridgehead atoms. The van der Waals surface area contributed by atoms with E-state index >= 15 is 0 Å². The number of hydrogen-bond acceptors (Lipinski definition) is 3. The fraction of sp³-hybridized carbons (Fsp3) is 0. The summed E-state index contributed by atoms with van der Waals surface area (Å²) in [4.78, 5) is 36.1. The lowest BCUT2D eigenvalue weighted by atomic mass is 10.1. The Bertz CT molecular complexity index is 756. The number of hydrazine groups is 1. The maximum Gasteiger partial charge on any atom is 0.338 e. The zero-order chi connectivity index (χ0) is 15.7. The lowest BCUT2D eigenvalue weighted by Gasteiger charge is -2.16. The summed E-state index contributed by atoms with van der Waals surface area (Å²) in [5, 5.41) is 3.50. The van der Waals surface area contributed by atoms with Crippen molar-refractivity contribution in [2.45, 2.75) is 0 Å². The molecule has 2 N–H and O–H groups in total. The third kappa shape index (κ3) is 2.40. The molecule has 3 rings (SSSR count). The van der Waals surface area contributed by atoms with Crippen molar-refractivity contribution in [2.24, 2.45) is 0 Å². The highest BCUT2D eigenvalue weighted by atomic mass is 35.5. The second kappa shape index (κ2) is 5.50. The van der Waals surface area contributed by atoms with Crippen LogP contribution in [0, 0.1) is 0 Å². The fourth-order valence-electron chi connectivity index (χ4n) is 2.11. The van der Waals surface area contributed by atoms with Crippen molar-refractivity contribution in [2.75, 3.05) is 5.32 Å². The van der Waals surface area contributed by atoms with E-state index in [9.17, 15) is 14.4 Å². The van der Waals surface area contributed by atoms with Crippen LogP contribution in [0.3, 0.4) is 0 Å². The first kappa shape index (κ1) is 14.1. The summed E-state index contributed by atoms with van der Waals surface area (Å²) in [7, 11) is 0. The molecule has 0 spiro atoms. The predicted octanol–water partition coefficient (Wildman–Crippen LogP) is 2.67. The number of carbonyl (C=O) groups is 3. The minimum atomic E-state index is -0.734. The van der Waals surface area contributed by atoms with Gasteiger partial charge in [0.1, 0.15) is 0 Å². The van der Waals surface area contributed by atoms with E-state index in [1.165, 1.54) is 12.1 Å².